The first-order valence-corrected chi connectivity index (χ1v) is 6.10. The van der Waals surface area contributed by atoms with Crippen LogP contribution in [0.25, 0.3) is 0 Å². The van der Waals surface area contributed by atoms with E-state index in [1.165, 1.54) is 0 Å². The molecule has 0 aliphatic carbocycles. The highest BCUT2D eigenvalue weighted by molar-refractivity contribution is 5.54. The van der Waals surface area contributed by atoms with E-state index in [1.54, 1.807) is 29.1 Å². The van der Waals surface area contributed by atoms with Gasteiger partial charge in [0, 0.05) is 18.4 Å². The van der Waals surface area contributed by atoms with Gasteiger partial charge >= 0.3 is 5.56 Å². The topological polar surface area (TPSA) is 70.1 Å². The maximum Gasteiger partial charge on any atom is 0.313 e. The Morgan fingerprint density at radius 1 is 1.37 bits per heavy atom. The molecule has 0 unspecified atom stereocenters. The molecule has 19 heavy (non-hydrogen) atoms. The van der Waals surface area contributed by atoms with E-state index in [1.807, 2.05) is 26.8 Å². The highest BCUT2D eigenvalue weighted by Crippen LogP contribution is 2.25. The van der Waals surface area contributed by atoms with Crippen molar-refractivity contribution in [2.24, 2.45) is 0 Å². The third kappa shape index (κ3) is 2.76. The molecule has 1 aromatic heterocycles. The van der Waals surface area contributed by atoms with Crippen molar-refractivity contribution >= 4 is 5.69 Å². The summed E-state index contributed by atoms with van der Waals surface area (Å²) in [6.45, 7) is 5.77. The number of hydrogen-bond donors (Lipinski definition) is 1. The van der Waals surface area contributed by atoms with Crippen molar-refractivity contribution in [3.05, 3.63) is 46.5 Å². The van der Waals surface area contributed by atoms with Gasteiger partial charge in [-0.2, -0.15) is 0 Å². The summed E-state index contributed by atoms with van der Waals surface area (Å²) in [6, 6.07) is 5.46. The molecule has 0 aliphatic rings. The molecule has 0 fully saturated rings. The molecule has 0 amide bonds. The Morgan fingerprint density at radius 3 is 2.79 bits per heavy atom. The molecule has 1 aromatic carbocycles. The molecule has 0 radical (unpaired) electrons. The fourth-order valence-corrected chi connectivity index (χ4v) is 1.72. The number of nitrogens with zero attached hydrogens (tertiary/aromatic N) is 2. The highest BCUT2D eigenvalue weighted by atomic mass is 16.5. The molecular weight excluding hydrogens is 242 g/mol. The number of benzene rings is 1. The lowest BCUT2D eigenvalue weighted by Gasteiger charge is -2.12. The van der Waals surface area contributed by atoms with Crippen LogP contribution in [0.1, 0.15) is 25.5 Å². The molecule has 0 spiro atoms. The monoisotopic (exact) mass is 259 g/mol. The van der Waals surface area contributed by atoms with Crippen LogP contribution in [0.5, 0.6) is 11.6 Å². The predicted octanol–water partition coefficient (Wildman–Crippen LogP) is 2.51. The third-order valence-corrected chi connectivity index (χ3v) is 2.77. The second kappa shape index (κ2) is 5.14. The first-order valence-electron chi connectivity index (χ1n) is 6.10. The van der Waals surface area contributed by atoms with Crippen molar-refractivity contribution < 1.29 is 4.74 Å². The van der Waals surface area contributed by atoms with Crippen molar-refractivity contribution in [3.63, 3.8) is 0 Å². The fraction of sp³-hybridized carbons (Fsp3) is 0.286. The predicted molar refractivity (Wildman–Crippen MR) is 74.5 cm³/mol. The molecule has 0 aliphatic heterocycles. The zero-order valence-electron chi connectivity index (χ0n) is 11.3. The molecular formula is C14H17N3O2. The molecule has 2 N–H and O–H groups in total. The van der Waals surface area contributed by atoms with Gasteiger partial charge in [-0.05, 0) is 38.5 Å². The highest BCUT2D eigenvalue weighted by Gasteiger charge is 2.11. The van der Waals surface area contributed by atoms with Crippen LogP contribution in [0.15, 0.2) is 35.4 Å². The van der Waals surface area contributed by atoms with Crippen molar-refractivity contribution in [1.82, 2.24) is 9.55 Å². The summed E-state index contributed by atoms with van der Waals surface area (Å²) in [7, 11) is 0. The minimum Gasteiger partial charge on any atom is -0.432 e. The number of rotatable bonds is 3. The summed E-state index contributed by atoms with van der Waals surface area (Å²) in [4.78, 5) is 16.1. The second-order valence-electron chi connectivity index (χ2n) is 4.68. The zero-order chi connectivity index (χ0) is 14.0. The maximum absolute atomic E-state index is 12.1. The van der Waals surface area contributed by atoms with Gasteiger partial charge < -0.3 is 15.0 Å². The number of aromatic nitrogens is 2. The van der Waals surface area contributed by atoms with Crippen LogP contribution in [0.3, 0.4) is 0 Å². The van der Waals surface area contributed by atoms with Crippen LogP contribution >= 0.6 is 0 Å². The van der Waals surface area contributed by atoms with Gasteiger partial charge in [0.05, 0.1) is 5.69 Å². The number of anilines is 1. The lowest BCUT2D eigenvalue weighted by Crippen LogP contribution is -2.23. The van der Waals surface area contributed by atoms with E-state index in [2.05, 4.69) is 4.98 Å². The van der Waals surface area contributed by atoms with Crippen LogP contribution in [0, 0.1) is 6.92 Å². The lowest BCUT2D eigenvalue weighted by molar-refractivity contribution is 0.438. The minimum atomic E-state index is -0.265. The van der Waals surface area contributed by atoms with Gasteiger partial charge in [-0.1, -0.05) is 6.07 Å². The summed E-state index contributed by atoms with van der Waals surface area (Å²) in [6.07, 6.45) is 3.18. The summed E-state index contributed by atoms with van der Waals surface area (Å²) in [5, 5.41) is 0. The Bertz CT molecular complexity index is 647. The van der Waals surface area contributed by atoms with Crippen LogP contribution in [0.2, 0.25) is 0 Å². The maximum atomic E-state index is 12.1. The molecule has 0 atom stereocenters. The number of aryl methyl sites for hydroxylation is 1. The first-order chi connectivity index (χ1) is 8.99. The summed E-state index contributed by atoms with van der Waals surface area (Å²) < 4.78 is 7.11. The van der Waals surface area contributed by atoms with E-state index in [0.717, 1.165) is 5.56 Å². The Balaban J connectivity index is 2.42. The first kappa shape index (κ1) is 13.1. The molecule has 5 heteroatoms. The fourth-order valence-electron chi connectivity index (χ4n) is 1.72. The van der Waals surface area contributed by atoms with Gasteiger partial charge in [0.2, 0.25) is 0 Å². The molecule has 5 nitrogen and oxygen atoms in total. The average Bonchev–Trinajstić information content (AvgIpc) is 2.36. The van der Waals surface area contributed by atoms with Crippen molar-refractivity contribution in [2.75, 3.05) is 5.73 Å². The van der Waals surface area contributed by atoms with Gasteiger partial charge in [-0.3, -0.25) is 4.79 Å². The standard InChI is InChI=1S/C14H17N3O2/c1-9(2)17-7-6-16-13(14(17)18)19-12-8-10(3)4-5-11(12)15/h4-9H,15H2,1-3H3. The summed E-state index contributed by atoms with van der Waals surface area (Å²) in [5.41, 5.74) is 7.04. The number of nitrogens with two attached hydrogens (primary N) is 1. The minimum absolute atomic E-state index is 0.0356. The third-order valence-electron chi connectivity index (χ3n) is 2.77. The molecule has 2 rings (SSSR count). The van der Waals surface area contributed by atoms with Crippen molar-refractivity contribution in [2.45, 2.75) is 26.8 Å². The Hall–Kier alpha value is -2.30. The SMILES string of the molecule is Cc1ccc(N)c(Oc2nccn(C(C)C)c2=O)c1. The van der Waals surface area contributed by atoms with Crippen LogP contribution in [-0.2, 0) is 0 Å². The Kier molecular flexibility index (Phi) is 3.55. The van der Waals surface area contributed by atoms with E-state index in [-0.39, 0.29) is 17.5 Å². The van der Waals surface area contributed by atoms with E-state index >= 15 is 0 Å². The molecule has 0 bridgehead atoms. The molecule has 2 aromatic rings. The van der Waals surface area contributed by atoms with Gasteiger partial charge in [0.1, 0.15) is 0 Å². The molecule has 0 saturated carbocycles. The van der Waals surface area contributed by atoms with E-state index < -0.39 is 0 Å². The van der Waals surface area contributed by atoms with Crippen LogP contribution in [-0.4, -0.2) is 9.55 Å². The molecule has 0 saturated heterocycles. The quantitative estimate of drug-likeness (QED) is 0.860. The Labute approximate surface area is 111 Å². The van der Waals surface area contributed by atoms with Crippen molar-refractivity contribution in [1.29, 1.82) is 0 Å². The van der Waals surface area contributed by atoms with E-state index in [4.69, 9.17) is 10.5 Å². The second-order valence-corrected chi connectivity index (χ2v) is 4.68. The number of ether oxygens (including phenoxy) is 1. The Morgan fingerprint density at radius 2 is 2.11 bits per heavy atom. The van der Waals surface area contributed by atoms with E-state index in [9.17, 15) is 4.79 Å². The number of nitrogen functional groups attached to an aromatic ring is 1. The summed E-state index contributed by atoms with van der Waals surface area (Å²) in [5.74, 6) is 0.486. The largest absolute Gasteiger partial charge is 0.432 e. The van der Waals surface area contributed by atoms with Gasteiger partial charge in [0.25, 0.3) is 5.88 Å². The van der Waals surface area contributed by atoms with Gasteiger partial charge in [-0.25, -0.2) is 4.98 Å². The smallest absolute Gasteiger partial charge is 0.313 e. The molecule has 100 valence electrons. The zero-order valence-corrected chi connectivity index (χ0v) is 11.3. The van der Waals surface area contributed by atoms with Gasteiger partial charge in [-0.15, -0.1) is 0 Å². The summed E-state index contributed by atoms with van der Waals surface area (Å²) >= 11 is 0. The van der Waals surface area contributed by atoms with Gasteiger partial charge in [0.15, 0.2) is 5.75 Å². The van der Waals surface area contributed by atoms with Crippen LogP contribution < -0.4 is 16.0 Å². The lowest BCUT2D eigenvalue weighted by atomic mass is 10.2. The van der Waals surface area contributed by atoms with Crippen LogP contribution in [0.4, 0.5) is 5.69 Å². The molecule has 1 heterocycles. The average molecular weight is 259 g/mol. The number of hydrogen-bond acceptors (Lipinski definition) is 4. The normalized spacial score (nSPS) is 10.7. The van der Waals surface area contributed by atoms with E-state index in [0.29, 0.717) is 11.4 Å². The van der Waals surface area contributed by atoms with Crippen molar-refractivity contribution in [3.8, 4) is 11.6 Å².